The molecule has 1 aliphatic rings. The van der Waals surface area contributed by atoms with Gasteiger partial charge in [-0.05, 0) is 42.0 Å². The van der Waals surface area contributed by atoms with E-state index in [1.807, 2.05) is 6.92 Å². The van der Waals surface area contributed by atoms with Crippen LogP contribution in [0.1, 0.15) is 54.9 Å². The third kappa shape index (κ3) is 5.65. The van der Waals surface area contributed by atoms with Gasteiger partial charge in [0.05, 0.1) is 13.2 Å². The number of carbonyl (C=O) groups is 2. The predicted octanol–water partition coefficient (Wildman–Crippen LogP) is 2.96. The molecule has 0 saturated carbocycles. The number of benzene rings is 1. The van der Waals surface area contributed by atoms with Crippen molar-refractivity contribution in [1.29, 1.82) is 0 Å². The highest BCUT2D eigenvalue weighted by atomic mass is 16.7. The van der Waals surface area contributed by atoms with Gasteiger partial charge in [0.1, 0.15) is 12.6 Å². The Hall–Kier alpha value is -1.72. The summed E-state index contributed by atoms with van der Waals surface area (Å²) in [5.41, 5.74) is 4.64. The van der Waals surface area contributed by atoms with Crippen LogP contribution in [0.25, 0.3) is 0 Å². The fourth-order valence-corrected chi connectivity index (χ4v) is 3.27. The van der Waals surface area contributed by atoms with Gasteiger partial charge in [-0.1, -0.05) is 19.1 Å². The number of aryl methyl sites for hydroxylation is 2. The van der Waals surface area contributed by atoms with Gasteiger partial charge >= 0.3 is 5.97 Å². The van der Waals surface area contributed by atoms with Crippen LogP contribution in [0, 0.1) is 0 Å². The van der Waals surface area contributed by atoms with Gasteiger partial charge in [0.15, 0.2) is 0 Å². The van der Waals surface area contributed by atoms with Gasteiger partial charge in [0.2, 0.25) is 0 Å². The summed E-state index contributed by atoms with van der Waals surface area (Å²) < 4.78 is 15.5. The molecule has 1 aromatic carbocycles. The number of fused-ring (bicyclic) bond motifs is 1. The second kappa shape index (κ2) is 9.68. The molecule has 0 radical (unpaired) electrons. The lowest BCUT2D eigenvalue weighted by Crippen LogP contribution is -2.17. The number of Topliss-reactive ketones (excluding diaryl/α,β-unsaturated/α-hetero) is 1. The van der Waals surface area contributed by atoms with E-state index < -0.39 is 0 Å². The molecule has 0 bridgehead atoms. The Kier molecular flexibility index (Phi) is 7.59. The van der Waals surface area contributed by atoms with Gasteiger partial charge in [-0.25, -0.2) is 0 Å². The summed E-state index contributed by atoms with van der Waals surface area (Å²) in [7, 11) is 1.60. The summed E-state index contributed by atoms with van der Waals surface area (Å²) >= 11 is 0. The van der Waals surface area contributed by atoms with Crippen LogP contribution in [-0.2, 0) is 43.1 Å². The van der Waals surface area contributed by atoms with E-state index in [4.69, 9.17) is 14.2 Å². The molecule has 1 aromatic rings. The minimum absolute atomic E-state index is 0.162. The van der Waals surface area contributed by atoms with Crippen LogP contribution in [-0.4, -0.2) is 38.9 Å². The molecule has 1 atom stereocenters. The minimum Gasteiger partial charge on any atom is -0.466 e. The number of methoxy groups -OCH3 is 1. The number of esters is 1. The summed E-state index contributed by atoms with van der Waals surface area (Å²) in [6, 6.07) is 4.30. The molecule has 0 amide bonds. The molecule has 138 valence electrons. The monoisotopic (exact) mass is 348 g/mol. The quantitative estimate of drug-likeness (QED) is 0.390. The smallest absolute Gasteiger partial charge is 0.306 e. The van der Waals surface area contributed by atoms with Crippen LogP contribution in [0.4, 0.5) is 0 Å². The first-order valence-corrected chi connectivity index (χ1v) is 8.93. The molecule has 0 fully saturated rings. The maximum absolute atomic E-state index is 11.8. The fourth-order valence-electron chi connectivity index (χ4n) is 3.27. The van der Waals surface area contributed by atoms with Crippen molar-refractivity contribution in [2.75, 3.05) is 27.1 Å². The SMILES string of the molecule is CCOC(=O)CCc1cc2c(cc1C(C)COCOC)CC(=O)CC2. The molecular formula is C20H28O5. The van der Waals surface area contributed by atoms with Crippen molar-refractivity contribution in [1.82, 2.24) is 0 Å². The third-order valence-electron chi connectivity index (χ3n) is 4.53. The van der Waals surface area contributed by atoms with Crippen LogP contribution >= 0.6 is 0 Å². The molecule has 5 nitrogen and oxygen atoms in total. The van der Waals surface area contributed by atoms with Crippen LogP contribution in [0.5, 0.6) is 0 Å². The first kappa shape index (κ1) is 19.6. The van der Waals surface area contributed by atoms with Gasteiger partial charge in [-0.15, -0.1) is 0 Å². The van der Waals surface area contributed by atoms with E-state index in [-0.39, 0.29) is 18.7 Å². The average molecular weight is 348 g/mol. The van der Waals surface area contributed by atoms with Crippen LogP contribution in [0.3, 0.4) is 0 Å². The van der Waals surface area contributed by atoms with Gasteiger partial charge in [0, 0.05) is 32.3 Å². The van der Waals surface area contributed by atoms with Crippen LogP contribution < -0.4 is 0 Å². The van der Waals surface area contributed by atoms with Crippen molar-refractivity contribution in [3.8, 4) is 0 Å². The second-order valence-corrected chi connectivity index (χ2v) is 6.52. The minimum atomic E-state index is -0.176. The summed E-state index contributed by atoms with van der Waals surface area (Å²) in [5, 5.41) is 0. The Balaban J connectivity index is 2.21. The maximum atomic E-state index is 11.8. The summed E-state index contributed by atoms with van der Waals surface area (Å²) in [5.74, 6) is 0.278. The van der Waals surface area contributed by atoms with Gasteiger partial charge in [-0.2, -0.15) is 0 Å². The zero-order chi connectivity index (χ0) is 18.2. The number of ketones is 1. The molecule has 1 aliphatic carbocycles. The Bertz CT molecular complexity index is 608. The second-order valence-electron chi connectivity index (χ2n) is 6.52. The number of carbonyl (C=O) groups excluding carboxylic acids is 2. The largest absolute Gasteiger partial charge is 0.466 e. The highest BCUT2D eigenvalue weighted by Gasteiger charge is 2.21. The fraction of sp³-hybridized carbons (Fsp3) is 0.600. The normalized spacial score (nSPS) is 14.9. The number of hydrogen-bond acceptors (Lipinski definition) is 5. The van der Waals surface area contributed by atoms with Crippen molar-refractivity contribution >= 4 is 11.8 Å². The average Bonchev–Trinajstić information content (AvgIpc) is 2.59. The molecule has 25 heavy (non-hydrogen) atoms. The topological polar surface area (TPSA) is 61.8 Å². The van der Waals surface area contributed by atoms with Crippen molar-refractivity contribution < 1.29 is 23.8 Å². The molecule has 0 N–H and O–H groups in total. The molecule has 1 unspecified atom stereocenters. The Morgan fingerprint density at radius 1 is 1.24 bits per heavy atom. The summed E-state index contributed by atoms with van der Waals surface area (Å²) in [6.07, 6.45) is 2.91. The zero-order valence-corrected chi connectivity index (χ0v) is 15.4. The van der Waals surface area contributed by atoms with E-state index in [2.05, 4.69) is 19.1 Å². The van der Waals surface area contributed by atoms with Crippen LogP contribution in [0.2, 0.25) is 0 Å². The highest BCUT2D eigenvalue weighted by molar-refractivity contribution is 5.83. The first-order valence-electron chi connectivity index (χ1n) is 8.93. The molecule has 0 aliphatic heterocycles. The zero-order valence-electron chi connectivity index (χ0n) is 15.4. The van der Waals surface area contributed by atoms with Gasteiger partial charge < -0.3 is 14.2 Å². The van der Waals surface area contributed by atoms with E-state index in [1.54, 1.807) is 7.11 Å². The van der Waals surface area contributed by atoms with Gasteiger partial charge in [0.25, 0.3) is 0 Å². The summed E-state index contributed by atoms with van der Waals surface area (Å²) in [6.45, 7) is 5.10. The molecule has 5 heteroatoms. The van der Waals surface area contributed by atoms with Crippen molar-refractivity contribution in [2.24, 2.45) is 0 Å². The first-order chi connectivity index (χ1) is 12.0. The molecule has 2 rings (SSSR count). The van der Waals surface area contributed by atoms with Gasteiger partial charge in [-0.3, -0.25) is 9.59 Å². The molecule has 0 heterocycles. The lowest BCUT2D eigenvalue weighted by molar-refractivity contribution is -0.143. The highest BCUT2D eigenvalue weighted by Crippen LogP contribution is 2.29. The standard InChI is InChI=1S/C20H28O5/c1-4-25-20(22)8-6-16-9-15-5-7-18(21)10-17(15)11-19(16)14(2)12-24-13-23-3/h9,11,14H,4-8,10,12-13H2,1-3H3. The maximum Gasteiger partial charge on any atom is 0.306 e. The molecule has 0 aromatic heterocycles. The Morgan fingerprint density at radius 2 is 2.04 bits per heavy atom. The van der Waals surface area contributed by atoms with E-state index in [9.17, 15) is 9.59 Å². The predicted molar refractivity (Wildman–Crippen MR) is 94.7 cm³/mol. The van der Waals surface area contributed by atoms with Crippen molar-refractivity contribution in [3.63, 3.8) is 0 Å². The number of ether oxygens (including phenoxy) is 3. The van der Waals surface area contributed by atoms with Crippen molar-refractivity contribution in [3.05, 3.63) is 34.4 Å². The van der Waals surface area contributed by atoms with Crippen LogP contribution in [0.15, 0.2) is 12.1 Å². The van der Waals surface area contributed by atoms with Crippen molar-refractivity contribution in [2.45, 2.75) is 51.9 Å². The summed E-state index contributed by atoms with van der Waals surface area (Å²) in [4.78, 5) is 23.5. The van der Waals surface area contributed by atoms with E-state index >= 15 is 0 Å². The lowest BCUT2D eigenvalue weighted by atomic mass is 9.83. The molecular weight excluding hydrogens is 320 g/mol. The van der Waals surface area contributed by atoms with E-state index in [0.29, 0.717) is 44.7 Å². The van der Waals surface area contributed by atoms with E-state index in [0.717, 1.165) is 23.1 Å². The molecule has 0 spiro atoms. The number of rotatable bonds is 9. The number of hydrogen-bond donors (Lipinski definition) is 0. The Morgan fingerprint density at radius 3 is 2.76 bits per heavy atom. The lowest BCUT2D eigenvalue weighted by Gasteiger charge is -2.22. The molecule has 0 saturated heterocycles. The Labute approximate surface area is 149 Å². The third-order valence-corrected chi connectivity index (χ3v) is 4.53. The van der Waals surface area contributed by atoms with E-state index in [1.165, 1.54) is 5.56 Å².